The Balaban J connectivity index is 2.61. The highest BCUT2D eigenvalue weighted by Gasteiger charge is 2.15. The van der Waals surface area contributed by atoms with E-state index in [0.717, 1.165) is 39.0 Å². The third-order valence-corrected chi connectivity index (χ3v) is 3.42. The maximum atomic E-state index is 4.16. The van der Waals surface area contributed by atoms with E-state index in [1.54, 1.807) is 0 Å². The van der Waals surface area contributed by atoms with Gasteiger partial charge in [-0.2, -0.15) is 0 Å². The van der Waals surface area contributed by atoms with E-state index < -0.39 is 0 Å². The van der Waals surface area contributed by atoms with Crippen molar-refractivity contribution in [2.45, 2.75) is 46.2 Å². The Bertz CT molecular complexity index is 319. The number of rotatable bonds is 9. The minimum Gasteiger partial charge on any atom is -0.312 e. The zero-order valence-electron chi connectivity index (χ0n) is 12.2. The summed E-state index contributed by atoms with van der Waals surface area (Å²) >= 11 is 0. The number of aromatic nitrogens is 3. The molecule has 1 heterocycles. The molecule has 0 aliphatic rings. The Labute approximate surface area is 111 Å². The summed E-state index contributed by atoms with van der Waals surface area (Å²) in [5.74, 6) is 0. The lowest BCUT2D eigenvalue weighted by Gasteiger charge is -2.22. The first kappa shape index (κ1) is 15.1. The zero-order chi connectivity index (χ0) is 13.4. The molecule has 0 amide bonds. The van der Waals surface area contributed by atoms with E-state index in [0.29, 0.717) is 6.04 Å². The van der Waals surface area contributed by atoms with Gasteiger partial charge in [0.25, 0.3) is 0 Å². The lowest BCUT2D eigenvalue weighted by atomic mass is 10.1. The smallest absolute Gasteiger partial charge is 0.0756 e. The summed E-state index contributed by atoms with van der Waals surface area (Å²) in [5, 5.41) is 11.6. The summed E-state index contributed by atoms with van der Waals surface area (Å²) in [6.07, 6.45) is 4.07. The molecule has 0 bridgehead atoms. The fourth-order valence-corrected chi connectivity index (χ4v) is 2.21. The summed E-state index contributed by atoms with van der Waals surface area (Å²) in [5.41, 5.74) is 1.20. The molecule has 104 valence electrons. The number of nitrogens with zero attached hydrogens (tertiary/aromatic N) is 4. The van der Waals surface area contributed by atoms with Crippen molar-refractivity contribution in [2.24, 2.45) is 0 Å². The van der Waals surface area contributed by atoms with Crippen LogP contribution in [-0.4, -0.2) is 46.6 Å². The van der Waals surface area contributed by atoms with Gasteiger partial charge in [0, 0.05) is 6.54 Å². The fraction of sp³-hybridized carbons (Fsp3) is 0.846. The molecule has 5 heteroatoms. The molecule has 5 nitrogen and oxygen atoms in total. The van der Waals surface area contributed by atoms with Crippen molar-refractivity contribution >= 4 is 0 Å². The van der Waals surface area contributed by atoms with Gasteiger partial charge in [0.1, 0.15) is 0 Å². The summed E-state index contributed by atoms with van der Waals surface area (Å²) in [6.45, 7) is 10.9. The number of hydrogen-bond acceptors (Lipinski definition) is 4. The predicted octanol–water partition coefficient (Wildman–Crippen LogP) is 1.68. The van der Waals surface area contributed by atoms with Crippen LogP contribution in [0.2, 0.25) is 0 Å². The molecule has 0 saturated carbocycles. The molecule has 0 aromatic carbocycles. The molecule has 0 spiro atoms. The SMILES string of the molecule is CCCn1nncc1C(CCN(CC)CC)NC. The van der Waals surface area contributed by atoms with Crippen molar-refractivity contribution in [3.05, 3.63) is 11.9 Å². The predicted molar refractivity (Wildman–Crippen MR) is 74.5 cm³/mol. The summed E-state index contributed by atoms with van der Waals surface area (Å²) < 4.78 is 2.02. The molecule has 0 aliphatic heterocycles. The first-order valence-electron chi connectivity index (χ1n) is 7.04. The molecule has 1 unspecified atom stereocenters. The van der Waals surface area contributed by atoms with Crippen LogP contribution in [0.4, 0.5) is 0 Å². The lowest BCUT2D eigenvalue weighted by molar-refractivity contribution is 0.281. The standard InChI is InChI=1S/C13H27N5/c1-5-9-18-13(11-15-16-18)12(14-4)8-10-17(6-2)7-3/h11-12,14H,5-10H2,1-4H3. The minimum absolute atomic E-state index is 0.340. The van der Waals surface area contributed by atoms with Crippen LogP contribution < -0.4 is 5.32 Å². The van der Waals surface area contributed by atoms with Gasteiger partial charge in [0.15, 0.2) is 0 Å². The van der Waals surface area contributed by atoms with E-state index in [4.69, 9.17) is 0 Å². The van der Waals surface area contributed by atoms with Crippen LogP contribution in [0.15, 0.2) is 6.20 Å². The van der Waals surface area contributed by atoms with Gasteiger partial charge in [-0.1, -0.05) is 26.0 Å². The van der Waals surface area contributed by atoms with Gasteiger partial charge in [0.2, 0.25) is 0 Å². The maximum Gasteiger partial charge on any atom is 0.0756 e. The number of nitrogens with one attached hydrogen (secondary N) is 1. The van der Waals surface area contributed by atoms with Crippen LogP contribution in [0.25, 0.3) is 0 Å². The molecule has 1 atom stereocenters. The Kier molecular flexibility index (Phi) is 6.90. The van der Waals surface area contributed by atoms with Gasteiger partial charge in [-0.25, -0.2) is 4.68 Å². The van der Waals surface area contributed by atoms with Crippen molar-refractivity contribution < 1.29 is 0 Å². The number of aryl methyl sites for hydroxylation is 1. The quantitative estimate of drug-likeness (QED) is 0.727. The Morgan fingerprint density at radius 3 is 2.61 bits per heavy atom. The molecule has 1 aromatic rings. The Hall–Kier alpha value is -0.940. The lowest BCUT2D eigenvalue weighted by Crippen LogP contribution is -2.29. The van der Waals surface area contributed by atoms with Gasteiger partial charge in [-0.05, 0) is 39.5 Å². The second-order valence-electron chi connectivity index (χ2n) is 4.54. The molecule has 0 radical (unpaired) electrons. The maximum absolute atomic E-state index is 4.16. The van der Waals surface area contributed by atoms with Crippen LogP contribution in [-0.2, 0) is 6.54 Å². The van der Waals surface area contributed by atoms with Crippen molar-refractivity contribution in [1.29, 1.82) is 0 Å². The monoisotopic (exact) mass is 253 g/mol. The number of hydrogen-bond donors (Lipinski definition) is 1. The third kappa shape index (κ3) is 4.07. The summed E-state index contributed by atoms with van der Waals surface area (Å²) in [7, 11) is 2.01. The van der Waals surface area contributed by atoms with E-state index in [-0.39, 0.29) is 0 Å². The zero-order valence-corrected chi connectivity index (χ0v) is 12.2. The van der Waals surface area contributed by atoms with E-state index in [1.807, 2.05) is 17.9 Å². The first-order valence-corrected chi connectivity index (χ1v) is 7.04. The van der Waals surface area contributed by atoms with Gasteiger partial charge >= 0.3 is 0 Å². The van der Waals surface area contributed by atoms with Crippen molar-refractivity contribution in [1.82, 2.24) is 25.2 Å². The molecule has 0 fully saturated rings. The van der Waals surface area contributed by atoms with E-state index >= 15 is 0 Å². The largest absolute Gasteiger partial charge is 0.312 e. The average molecular weight is 253 g/mol. The van der Waals surface area contributed by atoms with Gasteiger partial charge in [-0.15, -0.1) is 5.10 Å². The summed E-state index contributed by atoms with van der Waals surface area (Å²) in [4.78, 5) is 2.44. The van der Waals surface area contributed by atoms with Crippen molar-refractivity contribution in [3.8, 4) is 0 Å². The highest BCUT2D eigenvalue weighted by atomic mass is 15.4. The van der Waals surface area contributed by atoms with E-state index in [1.165, 1.54) is 5.69 Å². The third-order valence-electron chi connectivity index (χ3n) is 3.42. The normalized spacial score (nSPS) is 13.2. The van der Waals surface area contributed by atoms with Crippen LogP contribution in [0.3, 0.4) is 0 Å². The molecule has 0 aliphatic carbocycles. The molecule has 1 rings (SSSR count). The second kappa shape index (κ2) is 8.21. The van der Waals surface area contributed by atoms with Crippen molar-refractivity contribution in [3.63, 3.8) is 0 Å². The molecule has 18 heavy (non-hydrogen) atoms. The highest BCUT2D eigenvalue weighted by molar-refractivity contribution is 5.02. The first-order chi connectivity index (χ1) is 8.76. The van der Waals surface area contributed by atoms with Gasteiger partial charge < -0.3 is 10.2 Å². The molecular formula is C13H27N5. The van der Waals surface area contributed by atoms with Crippen LogP contribution in [0, 0.1) is 0 Å². The Morgan fingerprint density at radius 2 is 2.06 bits per heavy atom. The van der Waals surface area contributed by atoms with Crippen molar-refractivity contribution in [2.75, 3.05) is 26.7 Å². The minimum atomic E-state index is 0.340. The van der Waals surface area contributed by atoms with Gasteiger partial charge in [-0.3, -0.25) is 0 Å². The molecule has 0 saturated heterocycles. The molecule has 1 N–H and O–H groups in total. The van der Waals surface area contributed by atoms with E-state index in [2.05, 4.69) is 41.3 Å². The average Bonchev–Trinajstić information content (AvgIpc) is 2.84. The van der Waals surface area contributed by atoms with Crippen LogP contribution in [0.1, 0.15) is 45.3 Å². The van der Waals surface area contributed by atoms with Crippen LogP contribution in [0.5, 0.6) is 0 Å². The highest BCUT2D eigenvalue weighted by Crippen LogP contribution is 2.15. The second-order valence-corrected chi connectivity index (χ2v) is 4.54. The van der Waals surface area contributed by atoms with Gasteiger partial charge in [0.05, 0.1) is 17.9 Å². The fourth-order valence-electron chi connectivity index (χ4n) is 2.21. The molecule has 1 aromatic heterocycles. The topological polar surface area (TPSA) is 46.0 Å². The molecular weight excluding hydrogens is 226 g/mol. The summed E-state index contributed by atoms with van der Waals surface area (Å²) in [6, 6.07) is 0.340. The Morgan fingerprint density at radius 1 is 1.33 bits per heavy atom. The van der Waals surface area contributed by atoms with E-state index in [9.17, 15) is 0 Å². The van der Waals surface area contributed by atoms with Crippen LogP contribution >= 0.6 is 0 Å².